The van der Waals surface area contributed by atoms with Gasteiger partial charge in [0.1, 0.15) is 11.5 Å². The molecule has 0 saturated heterocycles. The van der Waals surface area contributed by atoms with E-state index in [0.717, 1.165) is 16.9 Å². The standard InChI is InChI=1S/C25H27N3O5S/c1-17-7-10-21(33-17)16-26-25(30)15-24-23-6-4-3-5-19(23)13-14-28(24)34(31,32)22-11-8-20(9-12-22)27-18(2)29/h3-12,24H,13-16H2,1-2H3,(H,26,30)(H,27,29)/t24-/m0/s1. The van der Waals surface area contributed by atoms with Crippen LogP contribution >= 0.6 is 0 Å². The first-order chi connectivity index (χ1) is 16.2. The van der Waals surface area contributed by atoms with Crippen molar-refractivity contribution in [3.8, 4) is 0 Å². The second kappa shape index (κ2) is 9.82. The van der Waals surface area contributed by atoms with Crippen molar-refractivity contribution in [3.63, 3.8) is 0 Å². The van der Waals surface area contributed by atoms with Crippen LogP contribution in [0, 0.1) is 6.92 Å². The van der Waals surface area contributed by atoms with Gasteiger partial charge in [0.05, 0.1) is 17.5 Å². The molecule has 1 aromatic heterocycles. The summed E-state index contributed by atoms with van der Waals surface area (Å²) in [5.41, 5.74) is 2.38. The van der Waals surface area contributed by atoms with Gasteiger partial charge in [-0.2, -0.15) is 4.31 Å². The van der Waals surface area contributed by atoms with E-state index in [9.17, 15) is 18.0 Å². The van der Waals surface area contributed by atoms with Crippen LogP contribution in [0.4, 0.5) is 5.69 Å². The average molecular weight is 482 g/mol. The average Bonchev–Trinajstić information content (AvgIpc) is 3.23. The normalized spacial score (nSPS) is 16.0. The number of carbonyl (C=O) groups excluding carboxylic acids is 2. The monoisotopic (exact) mass is 481 g/mol. The highest BCUT2D eigenvalue weighted by molar-refractivity contribution is 7.89. The van der Waals surface area contributed by atoms with Crippen LogP contribution in [0.5, 0.6) is 0 Å². The van der Waals surface area contributed by atoms with E-state index in [0.29, 0.717) is 17.9 Å². The van der Waals surface area contributed by atoms with Crippen LogP contribution in [0.2, 0.25) is 0 Å². The van der Waals surface area contributed by atoms with Gasteiger partial charge in [-0.3, -0.25) is 9.59 Å². The molecule has 2 N–H and O–H groups in total. The van der Waals surface area contributed by atoms with Gasteiger partial charge in [0.15, 0.2) is 0 Å². The number of nitrogens with one attached hydrogen (secondary N) is 2. The van der Waals surface area contributed by atoms with E-state index < -0.39 is 16.1 Å². The lowest BCUT2D eigenvalue weighted by Crippen LogP contribution is -2.42. The molecule has 0 aliphatic carbocycles. The third-order valence-corrected chi connectivity index (χ3v) is 7.70. The van der Waals surface area contributed by atoms with Gasteiger partial charge in [-0.1, -0.05) is 24.3 Å². The number of carbonyl (C=O) groups is 2. The fraction of sp³-hybridized carbons (Fsp3) is 0.280. The molecule has 1 aliphatic heterocycles. The van der Waals surface area contributed by atoms with Crippen molar-refractivity contribution in [1.82, 2.24) is 9.62 Å². The summed E-state index contributed by atoms with van der Waals surface area (Å²) in [6.07, 6.45) is 0.545. The molecule has 8 nitrogen and oxygen atoms in total. The van der Waals surface area contributed by atoms with E-state index in [2.05, 4.69) is 10.6 Å². The van der Waals surface area contributed by atoms with Crippen molar-refractivity contribution in [2.45, 2.75) is 44.2 Å². The van der Waals surface area contributed by atoms with Crippen molar-refractivity contribution in [2.24, 2.45) is 0 Å². The smallest absolute Gasteiger partial charge is 0.243 e. The number of aryl methyl sites for hydroxylation is 1. The van der Waals surface area contributed by atoms with Crippen LogP contribution in [0.15, 0.2) is 70.0 Å². The Morgan fingerprint density at radius 3 is 2.47 bits per heavy atom. The summed E-state index contributed by atoms with van der Waals surface area (Å²) < 4.78 is 34.1. The van der Waals surface area contributed by atoms with E-state index >= 15 is 0 Å². The number of furan rings is 1. The molecule has 0 saturated carbocycles. The molecule has 0 bridgehead atoms. The van der Waals surface area contributed by atoms with Gasteiger partial charge in [-0.15, -0.1) is 0 Å². The van der Waals surface area contributed by atoms with E-state index in [4.69, 9.17) is 4.42 Å². The van der Waals surface area contributed by atoms with Crippen molar-refractivity contribution in [2.75, 3.05) is 11.9 Å². The number of amides is 2. The predicted molar refractivity (Wildman–Crippen MR) is 127 cm³/mol. The Morgan fingerprint density at radius 1 is 1.06 bits per heavy atom. The quantitative estimate of drug-likeness (QED) is 0.537. The highest BCUT2D eigenvalue weighted by Gasteiger charge is 2.37. The summed E-state index contributed by atoms with van der Waals surface area (Å²) >= 11 is 0. The first-order valence-corrected chi connectivity index (χ1v) is 12.5. The van der Waals surface area contributed by atoms with Gasteiger partial charge in [0.2, 0.25) is 21.8 Å². The molecule has 0 fully saturated rings. The van der Waals surface area contributed by atoms with Crippen molar-refractivity contribution in [3.05, 3.63) is 83.3 Å². The van der Waals surface area contributed by atoms with Crippen LogP contribution in [0.1, 0.15) is 42.0 Å². The van der Waals surface area contributed by atoms with Crippen molar-refractivity contribution in [1.29, 1.82) is 0 Å². The number of hydrogen-bond acceptors (Lipinski definition) is 5. The lowest BCUT2D eigenvalue weighted by Gasteiger charge is -2.36. The molecule has 9 heteroatoms. The maximum atomic E-state index is 13.6. The van der Waals surface area contributed by atoms with Gasteiger partial charge in [-0.05, 0) is 60.9 Å². The summed E-state index contributed by atoms with van der Waals surface area (Å²) in [6.45, 7) is 3.72. The number of fused-ring (bicyclic) bond motifs is 1. The largest absolute Gasteiger partial charge is 0.465 e. The minimum atomic E-state index is -3.89. The molecule has 34 heavy (non-hydrogen) atoms. The number of anilines is 1. The summed E-state index contributed by atoms with van der Waals surface area (Å²) in [5.74, 6) is 0.891. The molecule has 3 aromatic rings. The molecule has 178 valence electrons. The maximum Gasteiger partial charge on any atom is 0.243 e. The molecule has 2 heterocycles. The first-order valence-electron chi connectivity index (χ1n) is 11.0. The zero-order valence-corrected chi connectivity index (χ0v) is 19.9. The summed E-state index contributed by atoms with van der Waals surface area (Å²) in [7, 11) is -3.89. The lowest BCUT2D eigenvalue weighted by atomic mass is 9.92. The summed E-state index contributed by atoms with van der Waals surface area (Å²) in [6, 6.07) is 16.7. The second-order valence-corrected chi connectivity index (χ2v) is 10.2. The van der Waals surface area contributed by atoms with E-state index in [1.54, 1.807) is 18.2 Å². The van der Waals surface area contributed by atoms with E-state index in [1.165, 1.54) is 23.4 Å². The van der Waals surface area contributed by atoms with Crippen molar-refractivity contribution < 1.29 is 22.4 Å². The zero-order valence-electron chi connectivity index (χ0n) is 19.1. The van der Waals surface area contributed by atoms with Gasteiger partial charge >= 0.3 is 0 Å². The fourth-order valence-corrected chi connectivity index (χ4v) is 5.80. The second-order valence-electron chi connectivity index (χ2n) is 8.28. The third kappa shape index (κ3) is 5.21. The minimum absolute atomic E-state index is 0.0140. The number of rotatable bonds is 7. The number of benzene rings is 2. The Hall–Kier alpha value is -3.43. The predicted octanol–water partition coefficient (Wildman–Crippen LogP) is 3.54. The SMILES string of the molecule is CC(=O)Nc1ccc(S(=O)(=O)N2CCc3ccccc3[C@@H]2CC(=O)NCc2ccc(C)o2)cc1. The third-order valence-electron chi connectivity index (χ3n) is 5.78. The summed E-state index contributed by atoms with van der Waals surface area (Å²) in [4.78, 5) is 24.2. The summed E-state index contributed by atoms with van der Waals surface area (Å²) in [5, 5.41) is 5.47. The molecule has 1 atom stereocenters. The minimum Gasteiger partial charge on any atom is -0.465 e. The molecule has 2 aromatic carbocycles. The van der Waals surface area contributed by atoms with Gasteiger partial charge in [-0.25, -0.2) is 8.42 Å². The molecule has 0 unspecified atom stereocenters. The Morgan fingerprint density at radius 2 is 1.79 bits per heavy atom. The Labute approximate surface area is 199 Å². The highest BCUT2D eigenvalue weighted by Crippen LogP contribution is 2.36. The lowest BCUT2D eigenvalue weighted by molar-refractivity contribution is -0.122. The topological polar surface area (TPSA) is 109 Å². The van der Waals surface area contributed by atoms with Crippen LogP contribution in [-0.2, 0) is 32.6 Å². The molecular weight excluding hydrogens is 454 g/mol. The van der Waals surface area contributed by atoms with Crippen LogP contribution in [-0.4, -0.2) is 31.1 Å². The number of hydrogen-bond donors (Lipinski definition) is 2. The molecule has 0 radical (unpaired) electrons. The number of nitrogens with zero attached hydrogens (tertiary/aromatic N) is 1. The van der Waals surface area contributed by atoms with Crippen LogP contribution in [0.25, 0.3) is 0 Å². The Balaban J connectivity index is 1.58. The van der Waals surface area contributed by atoms with Crippen LogP contribution < -0.4 is 10.6 Å². The van der Waals surface area contributed by atoms with E-state index in [-0.39, 0.29) is 36.2 Å². The van der Waals surface area contributed by atoms with Gasteiger partial charge in [0, 0.05) is 25.6 Å². The number of sulfonamides is 1. The van der Waals surface area contributed by atoms with Crippen LogP contribution in [0.3, 0.4) is 0 Å². The Bertz CT molecular complexity index is 1300. The molecule has 1 aliphatic rings. The Kier molecular flexibility index (Phi) is 6.85. The fourth-order valence-electron chi connectivity index (χ4n) is 4.19. The van der Waals surface area contributed by atoms with Crippen molar-refractivity contribution >= 4 is 27.5 Å². The van der Waals surface area contributed by atoms with Gasteiger partial charge in [0.25, 0.3) is 0 Å². The molecule has 4 rings (SSSR count). The molecule has 0 spiro atoms. The van der Waals surface area contributed by atoms with Gasteiger partial charge < -0.3 is 15.1 Å². The molecular formula is C25H27N3O5S. The van der Waals surface area contributed by atoms with E-state index in [1.807, 2.05) is 37.3 Å². The molecule has 2 amide bonds. The maximum absolute atomic E-state index is 13.6. The highest BCUT2D eigenvalue weighted by atomic mass is 32.2. The first kappa shape index (κ1) is 23.7. The zero-order chi connectivity index (χ0) is 24.3.